The topological polar surface area (TPSA) is 38.5 Å². The highest BCUT2D eigenvalue weighted by molar-refractivity contribution is 9.10. The van der Waals surface area contributed by atoms with Gasteiger partial charge in [0.2, 0.25) is 0 Å². The van der Waals surface area contributed by atoms with Gasteiger partial charge in [-0.25, -0.2) is 0 Å². The Morgan fingerprint density at radius 3 is 2.89 bits per heavy atom. The fraction of sp³-hybridized carbons (Fsp3) is 0.571. The molecule has 3 atom stereocenters. The van der Waals surface area contributed by atoms with E-state index in [0.29, 0.717) is 6.04 Å². The van der Waals surface area contributed by atoms with Gasteiger partial charge in [-0.3, -0.25) is 4.90 Å². The Hall–Kier alpha value is -0.580. The van der Waals surface area contributed by atoms with E-state index >= 15 is 0 Å². The molecule has 2 aliphatic heterocycles. The van der Waals surface area contributed by atoms with Crippen LogP contribution >= 0.6 is 15.9 Å². The van der Waals surface area contributed by atoms with E-state index in [-0.39, 0.29) is 11.6 Å². The zero-order valence-corrected chi connectivity index (χ0v) is 12.4. The van der Waals surface area contributed by atoms with E-state index < -0.39 is 0 Å². The zero-order valence-electron chi connectivity index (χ0n) is 10.8. The van der Waals surface area contributed by atoms with Crippen molar-refractivity contribution in [1.29, 1.82) is 0 Å². The average Bonchev–Trinajstić information content (AvgIpc) is 2.52. The van der Waals surface area contributed by atoms with Gasteiger partial charge >= 0.3 is 0 Å². The van der Waals surface area contributed by atoms with Gasteiger partial charge in [0.1, 0.15) is 11.4 Å². The van der Waals surface area contributed by atoms with Crippen LogP contribution in [-0.2, 0) is 0 Å². The number of fused-ring (bicyclic) bond motifs is 1. The number of likely N-dealkylation sites (N-methyl/N-ethyl adjacent to an activating group) is 1. The fourth-order valence-electron chi connectivity index (χ4n) is 3.28. The van der Waals surface area contributed by atoms with Crippen molar-refractivity contribution in [3.8, 4) is 5.75 Å². The van der Waals surface area contributed by atoms with E-state index in [2.05, 4.69) is 40.9 Å². The smallest absolute Gasteiger partial charge is 0.126 e. The second-order valence-electron chi connectivity index (χ2n) is 5.75. The molecular weight excluding hydrogens is 292 g/mol. The van der Waals surface area contributed by atoms with Crippen LogP contribution in [0.3, 0.4) is 0 Å². The first-order valence-electron chi connectivity index (χ1n) is 6.43. The molecule has 0 aliphatic carbocycles. The number of hydrogen-bond acceptors (Lipinski definition) is 3. The van der Waals surface area contributed by atoms with Crippen molar-refractivity contribution < 1.29 is 4.74 Å². The molecule has 2 N–H and O–H groups in total. The molecule has 2 aliphatic rings. The summed E-state index contributed by atoms with van der Waals surface area (Å²) >= 11 is 3.50. The number of rotatable bonds is 0. The normalized spacial score (nSPS) is 35.6. The van der Waals surface area contributed by atoms with Crippen LogP contribution in [0.25, 0.3) is 0 Å². The number of nitrogens with two attached hydrogens (primary N) is 1. The monoisotopic (exact) mass is 310 g/mol. The molecule has 4 heteroatoms. The number of likely N-dealkylation sites (tertiary alicyclic amines) is 1. The van der Waals surface area contributed by atoms with Crippen LogP contribution in [0.4, 0.5) is 0 Å². The Morgan fingerprint density at radius 1 is 1.44 bits per heavy atom. The number of halogens is 1. The third-order valence-electron chi connectivity index (χ3n) is 4.25. The Morgan fingerprint density at radius 2 is 2.22 bits per heavy atom. The fourth-order valence-corrected chi connectivity index (χ4v) is 3.62. The largest absolute Gasteiger partial charge is 0.485 e. The summed E-state index contributed by atoms with van der Waals surface area (Å²) in [5.41, 5.74) is 7.36. The standard InChI is InChI=1S/C14H19BrN2O/c1-9-6-14(8-17(9)2)7-12(16)11-4-3-10(15)5-13(11)18-14/h3-5,9,12H,6-8,16H2,1-2H3/t9?,12-,14?/m0/s1. The van der Waals surface area contributed by atoms with Crippen LogP contribution in [0, 0.1) is 0 Å². The molecule has 2 unspecified atom stereocenters. The molecule has 1 aromatic carbocycles. The molecule has 0 aromatic heterocycles. The minimum atomic E-state index is -0.0959. The van der Waals surface area contributed by atoms with Crippen LogP contribution in [0.5, 0.6) is 5.75 Å². The lowest BCUT2D eigenvalue weighted by molar-refractivity contribution is 0.0463. The van der Waals surface area contributed by atoms with E-state index in [1.165, 1.54) is 0 Å². The molecule has 0 bridgehead atoms. The van der Waals surface area contributed by atoms with Gasteiger partial charge in [-0.05, 0) is 26.1 Å². The summed E-state index contributed by atoms with van der Waals surface area (Å²) in [5, 5.41) is 0. The summed E-state index contributed by atoms with van der Waals surface area (Å²) in [4.78, 5) is 2.36. The maximum absolute atomic E-state index is 6.33. The van der Waals surface area contributed by atoms with Gasteiger partial charge in [0.25, 0.3) is 0 Å². The minimum Gasteiger partial charge on any atom is -0.485 e. The molecule has 2 heterocycles. The Kier molecular flexibility index (Phi) is 2.92. The molecule has 1 spiro atoms. The van der Waals surface area contributed by atoms with Gasteiger partial charge in [0, 0.05) is 41.5 Å². The highest BCUT2D eigenvalue weighted by Gasteiger charge is 2.46. The number of ether oxygens (including phenoxy) is 1. The summed E-state index contributed by atoms with van der Waals surface area (Å²) in [6, 6.07) is 6.79. The van der Waals surface area contributed by atoms with Crippen molar-refractivity contribution in [3.05, 3.63) is 28.2 Å². The summed E-state index contributed by atoms with van der Waals surface area (Å²) in [7, 11) is 2.16. The van der Waals surface area contributed by atoms with E-state index in [1.807, 2.05) is 12.1 Å². The van der Waals surface area contributed by atoms with E-state index in [1.54, 1.807) is 0 Å². The molecule has 3 nitrogen and oxygen atoms in total. The van der Waals surface area contributed by atoms with Crippen molar-refractivity contribution in [3.63, 3.8) is 0 Å². The van der Waals surface area contributed by atoms with Crippen LogP contribution in [0.15, 0.2) is 22.7 Å². The summed E-state index contributed by atoms with van der Waals surface area (Å²) in [6.07, 6.45) is 1.97. The van der Waals surface area contributed by atoms with Gasteiger partial charge in [-0.1, -0.05) is 22.0 Å². The van der Waals surface area contributed by atoms with Crippen LogP contribution in [-0.4, -0.2) is 30.1 Å². The van der Waals surface area contributed by atoms with Crippen molar-refractivity contribution in [1.82, 2.24) is 4.90 Å². The molecule has 1 saturated heterocycles. The summed E-state index contributed by atoms with van der Waals surface area (Å²) in [5.74, 6) is 0.950. The lowest BCUT2D eigenvalue weighted by atomic mass is 9.86. The van der Waals surface area contributed by atoms with Gasteiger partial charge < -0.3 is 10.5 Å². The molecule has 1 fully saturated rings. The molecule has 1 aromatic rings. The first-order valence-corrected chi connectivity index (χ1v) is 7.23. The summed E-state index contributed by atoms with van der Waals surface area (Å²) < 4.78 is 7.37. The Labute approximate surface area is 116 Å². The van der Waals surface area contributed by atoms with Gasteiger partial charge in [0.15, 0.2) is 0 Å². The van der Waals surface area contributed by atoms with Crippen molar-refractivity contribution in [2.24, 2.45) is 5.73 Å². The van der Waals surface area contributed by atoms with E-state index in [0.717, 1.165) is 35.2 Å². The minimum absolute atomic E-state index is 0.0838. The van der Waals surface area contributed by atoms with Gasteiger partial charge in [0.05, 0.1) is 0 Å². The zero-order chi connectivity index (χ0) is 12.9. The average molecular weight is 311 g/mol. The number of hydrogen-bond donors (Lipinski definition) is 1. The van der Waals surface area contributed by atoms with Gasteiger partial charge in [-0.2, -0.15) is 0 Å². The molecular formula is C14H19BrN2O. The maximum Gasteiger partial charge on any atom is 0.126 e. The Balaban J connectivity index is 1.96. The second kappa shape index (κ2) is 4.22. The first-order chi connectivity index (χ1) is 8.49. The predicted octanol–water partition coefficient (Wildman–Crippen LogP) is 2.69. The molecule has 3 rings (SSSR count). The second-order valence-corrected chi connectivity index (χ2v) is 6.66. The molecule has 98 valence electrons. The molecule has 0 amide bonds. The lowest BCUT2D eigenvalue weighted by Gasteiger charge is -2.38. The number of benzene rings is 1. The highest BCUT2D eigenvalue weighted by atomic mass is 79.9. The highest BCUT2D eigenvalue weighted by Crippen LogP contribution is 2.44. The first kappa shape index (κ1) is 12.5. The third-order valence-corrected chi connectivity index (χ3v) is 4.74. The third kappa shape index (κ3) is 1.96. The van der Waals surface area contributed by atoms with Gasteiger partial charge in [-0.15, -0.1) is 0 Å². The maximum atomic E-state index is 6.33. The number of nitrogens with zero attached hydrogens (tertiary/aromatic N) is 1. The predicted molar refractivity (Wildman–Crippen MR) is 75.8 cm³/mol. The van der Waals surface area contributed by atoms with E-state index in [4.69, 9.17) is 10.5 Å². The summed E-state index contributed by atoms with van der Waals surface area (Å²) in [6.45, 7) is 3.22. The SMILES string of the molecule is CC1CC2(C[C@H](N)c3ccc(Br)cc3O2)CN1C. The van der Waals surface area contributed by atoms with Crippen molar-refractivity contribution in [2.75, 3.05) is 13.6 Å². The quantitative estimate of drug-likeness (QED) is 0.800. The Bertz CT molecular complexity index is 467. The van der Waals surface area contributed by atoms with Crippen molar-refractivity contribution in [2.45, 2.75) is 37.5 Å². The van der Waals surface area contributed by atoms with Crippen LogP contribution < -0.4 is 10.5 Å². The molecule has 0 saturated carbocycles. The van der Waals surface area contributed by atoms with Crippen LogP contribution in [0.1, 0.15) is 31.4 Å². The lowest BCUT2D eigenvalue weighted by Crippen LogP contribution is -2.44. The van der Waals surface area contributed by atoms with Crippen LogP contribution in [0.2, 0.25) is 0 Å². The molecule has 18 heavy (non-hydrogen) atoms. The molecule has 0 radical (unpaired) electrons. The van der Waals surface area contributed by atoms with Crippen molar-refractivity contribution >= 4 is 15.9 Å². The van der Waals surface area contributed by atoms with E-state index in [9.17, 15) is 0 Å².